The van der Waals surface area contributed by atoms with Crippen LogP contribution in [0.2, 0.25) is 5.02 Å². The number of anilines is 1. The summed E-state index contributed by atoms with van der Waals surface area (Å²) < 4.78 is 0. The Balaban J connectivity index is 1.77. The Morgan fingerprint density at radius 2 is 2.09 bits per heavy atom. The van der Waals surface area contributed by atoms with Crippen molar-refractivity contribution in [2.24, 2.45) is 5.92 Å². The van der Waals surface area contributed by atoms with E-state index in [1.54, 1.807) is 6.07 Å². The highest BCUT2D eigenvalue weighted by atomic mass is 35.5. The Morgan fingerprint density at radius 1 is 1.28 bits per heavy atom. The number of fused-ring (bicyclic) bond motifs is 1. The molecule has 0 saturated carbocycles. The topological polar surface area (TPSA) is 60.2 Å². The van der Waals surface area contributed by atoms with Gasteiger partial charge in [0, 0.05) is 41.5 Å². The molecular weight excluding hydrogens is 420 g/mol. The summed E-state index contributed by atoms with van der Waals surface area (Å²) >= 11 is 6.24. The van der Waals surface area contributed by atoms with E-state index in [4.69, 9.17) is 16.6 Å². The molecule has 1 fully saturated rings. The largest absolute Gasteiger partial charge is 0.354 e. The molecule has 0 aliphatic carbocycles. The van der Waals surface area contributed by atoms with Gasteiger partial charge in [-0.2, -0.15) is 5.26 Å². The lowest BCUT2D eigenvalue weighted by molar-refractivity contribution is -0.136. The monoisotopic (exact) mass is 446 g/mol. The average molecular weight is 447 g/mol. The minimum Gasteiger partial charge on any atom is -0.354 e. The highest BCUT2D eigenvalue weighted by molar-refractivity contribution is 6.31. The maximum absolute atomic E-state index is 12.7. The quantitative estimate of drug-likeness (QED) is 0.518. The van der Waals surface area contributed by atoms with Gasteiger partial charge >= 0.3 is 0 Å². The molecule has 32 heavy (non-hydrogen) atoms. The van der Waals surface area contributed by atoms with Crippen molar-refractivity contribution in [1.29, 1.82) is 5.26 Å². The SMILES string of the molecule is CCN(C(=O)C(C)C)[C@H]1CCN(c2nc3cc(Cl)ccc3cc2-c2cccc(C#N)c2)C1. The second kappa shape index (κ2) is 9.18. The molecule has 1 atom stereocenters. The zero-order valence-corrected chi connectivity index (χ0v) is 19.4. The fraction of sp³-hybridized carbons (Fsp3) is 0.346. The fourth-order valence-corrected chi connectivity index (χ4v) is 4.62. The molecule has 0 unspecified atom stereocenters. The summed E-state index contributed by atoms with van der Waals surface area (Å²) in [5, 5.41) is 11.0. The number of hydrogen-bond acceptors (Lipinski definition) is 4. The molecule has 0 N–H and O–H groups in total. The van der Waals surface area contributed by atoms with Crippen LogP contribution in [0, 0.1) is 17.2 Å². The predicted molar refractivity (Wildman–Crippen MR) is 130 cm³/mol. The first-order valence-electron chi connectivity index (χ1n) is 11.1. The van der Waals surface area contributed by atoms with Crippen LogP contribution in [0.5, 0.6) is 0 Å². The molecule has 1 aliphatic rings. The Morgan fingerprint density at radius 3 is 2.81 bits per heavy atom. The normalized spacial score (nSPS) is 15.9. The standard InChI is InChI=1S/C26H27ClN4O/c1-4-31(26(32)17(2)3)22-10-11-30(16-22)25-23(19-7-5-6-18(12-19)15-28)13-20-8-9-21(27)14-24(20)29-25/h5-9,12-14,17,22H,4,10-11,16H2,1-3H3/t22-/m0/s1. The van der Waals surface area contributed by atoms with Gasteiger partial charge in [-0.3, -0.25) is 4.79 Å². The van der Waals surface area contributed by atoms with Gasteiger partial charge in [0.1, 0.15) is 5.82 Å². The van der Waals surface area contributed by atoms with Crippen molar-refractivity contribution in [2.45, 2.75) is 33.2 Å². The number of carbonyl (C=O) groups excluding carboxylic acids is 1. The van der Waals surface area contributed by atoms with E-state index in [-0.39, 0.29) is 17.9 Å². The first-order valence-corrected chi connectivity index (χ1v) is 11.4. The van der Waals surface area contributed by atoms with Crippen LogP contribution >= 0.6 is 11.6 Å². The summed E-state index contributed by atoms with van der Waals surface area (Å²) in [5.74, 6) is 1.04. The van der Waals surface area contributed by atoms with Gasteiger partial charge in [0.15, 0.2) is 0 Å². The van der Waals surface area contributed by atoms with Crippen molar-refractivity contribution in [3.05, 3.63) is 59.1 Å². The summed E-state index contributed by atoms with van der Waals surface area (Å²) in [4.78, 5) is 22.0. The zero-order chi connectivity index (χ0) is 22.8. The third kappa shape index (κ3) is 4.28. The number of rotatable bonds is 5. The van der Waals surface area contributed by atoms with Crippen LogP contribution in [-0.2, 0) is 4.79 Å². The van der Waals surface area contributed by atoms with Crippen molar-refractivity contribution >= 4 is 34.2 Å². The van der Waals surface area contributed by atoms with Crippen LogP contribution in [-0.4, -0.2) is 41.5 Å². The molecule has 164 valence electrons. The molecule has 5 nitrogen and oxygen atoms in total. The minimum absolute atomic E-state index is 0.0192. The average Bonchev–Trinajstić information content (AvgIpc) is 3.28. The smallest absolute Gasteiger partial charge is 0.225 e. The van der Waals surface area contributed by atoms with E-state index in [1.807, 2.05) is 62.1 Å². The maximum atomic E-state index is 12.7. The van der Waals surface area contributed by atoms with Crippen LogP contribution in [0.25, 0.3) is 22.0 Å². The molecule has 6 heteroatoms. The lowest BCUT2D eigenvalue weighted by atomic mass is 10.0. The number of nitriles is 1. The van der Waals surface area contributed by atoms with Gasteiger partial charge in [-0.25, -0.2) is 4.98 Å². The number of carbonyl (C=O) groups is 1. The second-order valence-electron chi connectivity index (χ2n) is 8.56. The number of amides is 1. The number of halogens is 1. The lowest BCUT2D eigenvalue weighted by Gasteiger charge is -2.30. The summed E-state index contributed by atoms with van der Waals surface area (Å²) in [6.45, 7) is 8.19. The molecule has 4 rings (SSSR count). The van der Waals surface area contributed by atoms with E-state index in [0.717, 1.165) is 47.4 Å². The van der Waals surface area contributed by atoms with Crippen LogP contribution in [0.4, 0.5) is 5.82 Å². The van der Waals surface area contributed by atoms with Crippen molar-refractivity contribution in [3.8, 4) is 17.2 Å². The molecule has 1 amide bonds. The molecule has 0 radical (unpaired) electrons. The molecule has 2 aromatic carbocycles. The van der Waals surface area contributed by atoms with Crippen LogP contribution in [0.3, 0.4) is 0 Å². The van der Waals surface area contributed by atoms with Gasteiger partial charge in [0.25, 0.3) is 0 Å². The van der Waals surface area contributed by atoms with Crippen molar-refractivity contribution in [3.63, 3.8) is 0 Å². The summed E-state index contributed by atoms with van der Waals surface area (Å²) in [6.07, 6.45) is 0.902. The van der Waals surface area contributed by atoms with E-state index in [2.05, 4.69) is 17.0 Å². The van der Waals surface area contributed by atoms with Crippen LogP contribution in [0.1, 0.15) is 32.8 Å². The van der Waals surface area contributed by atoms with Crippen molar-refractivity contribution in [1.82, 2.24) is 9.88 Å². The van der Waals surface area contributed by atoms with Crippen LogP contribution in [0.15, 0.2) is 48.5 Å². The van der Waals surface area contributed by atoms with Gasteiger partial charge in [-0.05, 0) is 49.2 Å². The number of likely N-dealkylation sites (N-methyl/N-ethyl adjacent to an activating group) is 1. The van der Waals surface area contributed by atoms with Gasteiger partial charge in [-0.15, -0.1) is 0 Å². The number of aromatic nitrogens is 1. The van der Waals surface area contributed by atoms with Gasteiger partial charge in [0.05, 0.1) is 23.2 Å². The first kappa shape index (κ1) is 22.1. The molecule has 2 heterocycles. The Kier molecular flexibility index (Phi) is 6.34. The number of pyridine rings is 1. The van der Waals surface area contributed by atoms with Crippen molar-refractivity contribution in [2.75, 3.05) is 24.5 Å². The lowest BCUT2D eigenvalue weighted by Crippen LogP contribution is -2.43. The highest BCUT2D eigenvalue weighted by Crippen LogP contribution is 2.36. The second-order valence-corrected chi connectivity index (χ2v) is 8.99. The first-order chi connectivity index (χ1) is 15.4. The third-order valence-corrected chi connectivity index (χ3v) is 6.32. The number of hydrogen-bond donors (Lipinski definition) is 0. The summed E-state index contributed by atoms with van der Waals surface area (Å²) in [5.41, 5.74) is 3.39. The Bertz CT molecular complexity index is 1200. The molecule has 0 spiro atoms. The Labute approximate surface area is 194 Å². The summed E-state index contributed by atoms with van der Waals surface area (Å²) in [7, 11) is 0. The minimum atomic E-state index is -0.0192. The molecule has 1 aromatic heterocycles. The van der Waals surface area contributed by atoms with E-state index < -0.39 is 0 Å². The van der Waals surface area contributed by atoms with Gasteiger partial charge < -0.3 is 9.80 Å². The highest BCUT2D eigenvalue weighted by Gasteiger charge is 2.32. The maximum Gasteiger partial charge on any atom is 0.225 e. The molecule has 3 aromatic rings. The number of nitrogens with zero attached hydrogens (tertiary/aromatic N) is 4. The van der Waals surface area contributed by atoms with E-state index in [9.17, 15) is 10.1 Å². The van der Waals surface area contributed by atoms with Crippen molar-refractivity contribution < 1.29 is 4.79 Å². The molecule has 1 aliphatic heterocycles. The molecular formula is C26H27ClN4O. The molecule has 0 bridgehead atoms. The zero-order valence-electron chi connectivity index (χ0n) is 18.7. The van der Waals surface area contributed by atoms with E-state index >= 15 is 0 Å². The molecule has 1 saturated heterocycles. The van der Waals surface area contributed by atoms with E-state index in [0.29, 0.717) is 17.1 Å². The van der Waals surface area contributed by atoms with E-state index in [1.165, 1.54) is 0 Å². The third-order valence-electron chi connectivity index (χ3n) is 6.08. The van der Waals surface area contributed by atoms with Gasteiger partial charge in [-0.1, -0.05) is 43.6 Å². The predicted octanol–water partition coefficient (Wildman–Crippen LogP) is 5.51. The summed E-state index contributed by atoms with van der Waals surface area (Å²) in [6, 6.07) is 17.8. The number of benzene rings is 2. The Hall–Kier alpha value is -3.10. The van der Waals surface area contributed by atoms with Gasteiger partial charge in [0.2, 0.25) is 5.91 Å². The van der Waals surface area contributed by atoms with Crippen LogP contribution < -0.4 is 4.90 Å². The fourth-order valence-electron chi connectivity index (χ4n) is 4.45.